The van der Waals surface area contributed by atoms with Gasteiger partial charge in [0.1, 0.15) is 28.5 Å². The SMILES string of the molecule is CC(=O)NC(C)c1ccc2cc(-c3ccc(Oc4cccc(OCC5CC5)c4)cn3)oc2c1. The number of carbonyl (C=O) groups excluding carboxylic acids is 1. The molecule has 168 valence electrons. The van der Waals surface area contributed by atoms with Crippen molar-refractivity contribution in [1.29, 1.82) is 0 Å². The molecule has 33 heavy (non-hydrogen) atoms. The topological polar surface area (TPSA) is 73.6 Å². The molecule has 1 fully saturated rings. The van der Waals surface area contributed by atoms with E-state index >= 15 is 0 Å². The smallest absolute Gasteiger partial charge is 0.217 e. The molecule has 0 bridgehead atoms. The predicted octanol–water partition coefficient (Wildman–Crippen LogP) is 6.27. The summed E-state index contributed by atoms with van der Waals surface area (Å²) in [6.07, 6.45) is 4.21. The van der Waals surface area contributed by atoms with Crippen LogP contribution in [0, 0.1) is 5.92 Å². The fourth-order valence-corrected chi connectivity index (χ4v) is 3.68. The van der Waals surface area contributed by atoms with Crippen molar-refractivity contribution >= 4 is 16.9 Å². The molecule has 0 saturated heterocycles. The molecule has 1 unspecified atom stereocenters. The van der Waals surface area contributed by atoms with Gasteiger partial charge in [0.25, 0.3) is 0 Å². The fraction of sp³-hybridized carbons (Fsp3) is 0.259. The molecule has 1 amide bonds. The van der Waals surface area contributed by atoms with Gasteiger partial charge >= 0.3 is 0 Å². The Morgan fingerprint density at radius 1 is 1.09 bits per heavy atom. The lowest BCUT2D eigenvalue weighted by atomic mass is 10.1. The standard InChI is InChI=1S/C27H26N2O4/c1-17(29-18(2)30)20-8-9-21-13-27(33-26(21)12-20)25-11-10-24(15-28-25)32-23-5-3-4-22(14-23)31-16-19-6-7-19/h3-5,8-15,17,19H,6-7,16H2,1-2H3,(H,29,30). The molecule has 0 radical (unpaired) electrons. The molecular weight excluding hydrogens is 416 g/mol. The molecule has 2 aromatic carbocycles. The molecule has 4 aromatic rings. The maximum Gasteiger partial charge on any atom is 0.217 e. The van der Waals surface area contributed by atoms with Gasteiger partial charge in [0.05, 0.1) is 18.8 Å². The molecular formula is C27H26N2O4. The first kappa shape index (κ1) is 21.1. The second-order valence-electron chi connectivity index (χ2n) is 8.54. The van der Waals surface area contributed by atoms with E-state index in [0.29, 0.717) is 23.2 Å². The van der Waals surface area contributed by atoms with Crippen LogP contribution in [-0.4, -0.2) is 17.5 Å². The molecule has 1 atom stereocenters. The number of pyridine rings is 1. The second-order valence-corrected chi connectivity index (χ2v) is 8.54. The fourth-order valence-electron chi connectivity index (χ4n) is 3.68. The number of fused-ring (bicyclic) bond motifs is 1. The Bertz CT molecular complexity index is 1280. The minimum Gasteiger partial charge on any atom is -0.493 e. The molecule has 2 heterocycles. The van der Waals surface area contributed by atoms with Gasteiger partial charge in [-0.25, -0.2) is 4.98 Å². The lowest BCUT2D eigenvalue weighted by molar-refractivity contribution is -0.119. The van der Waals surface area contributed by atoms with Crippen LogP contribution in [-0.2, 0) is 4.79 Å². The molecule has 1 aliphatic carbocycles. The van der Waals surface area contributed by atoms with Crippen molar-refractivity contribution in [3.63, 3.8) is 0 Å². The van der Waals surface area contributed by atoms with Crippen LogP contribution in [0.2, 0.25) is 0 Å². The van der Waals surface area contributed by atoms with Gasteiger partial charge in [0, 0.05) is 18.4 Å². The molecule has 1 N–H and O–H groups in total. The van der Waals surface area contributed by atoms with Crippen molar-refractivity contribution < 1.29 is 18.7 Å². The zero-order chi connectivity index (χ0) is 22.8. The maximum absolute atomic E-state index is 11.3. The summed E-state index contributed by atoms with van der Waals surface area (Å²) in [5.41, 5.74) is 2.46. The molecule has 5 rings (SSSR count). The molecule has 1 saturated carbocycles. The maximum atomic E-state index is 11.3. The van der Waals surface area contributed by atoms with Crippen molar-refractivity contribution in [3.05, 3.63) is 72.4 Å². The van der Waals surface area contributed by atoms with E-state index in [1.165, 1.54) is 19.8 Å². The van der Waals surface area contributed by atoms with E-state index in [4.69, 9.17) is 13.9 Å². The highest BCUT2D eigenvalue weighted by atomic mass is 16.5. The molecule has 1 aliphatic rings. The number of furan rings is 1. The minimum absolute atomic E-state index is 0.0632. The normalized spacial score (nSPS) is 14.1. The minimum atomic E-state index is -0.0902. The van der Waals surface area contributed by atoms with E-state index in [1.54, 1.807) is 6.20 Å². The third-order valence-electron chi connectivity index (χ3n) is 5.68. The second kappa shape index (κ2) is 8.98. The van der Waals surface area contributed by atoms with Gasteiger partial charge in [-0.1, -0.05) is 18.2 Å². The molecule has 2 aromatic heterocycles. The summed E-state index contributed by atoms with van der Waals surface area (Å²) in [6, 6.07) is 19.2. The number of benzene rings is 2. The Morgan fingerprint density at radius 2 is 1.94 bits per heavy atom. The van der Waals surface area contributed by atoms with Gasteiger partial charge in [-0.05, 0) is 67.6 Å². The number of ether oxygens (including phenoxy) is 2. The summed E-state index contributed by atoms with van der Waals surface area (Å²) in [4.78, 5) is 15.9. The van der Waals surface area contributed by atoms with E-state index in [-0.39, 0.29) is 11.9 Å². The van der Waals surface area contributed by atoms with Crippen molar-refractivity contribution in [2.24, 2.45) is 5.92 Å². The van der Waals surface area contributed by atoms with Gasteiger partial charge in [-0.3, -0.25) is 4.79 Å². The number of nitrogens with one attached hydrogen (secondary N) is 1. The summed E-state index contributed by atoms with van der Waals surface area (Å²) < 4.78 is 17.8. The van der Waals surface area contributed by atoms with Crippen LogP contribution >= 0.6 is 0 Å². The first-order valence-corrected chi connectivity index (χ1v) is 11.2. The quantitative estimate of drug-likeness (QED) is 0.348. The first-order valence-electron chi connectivity index (χ1n) is 11.2. The van der Waals surface area contributed by atoms with Crippen molar-refractivity contribution in [2.45, 2.75) is 32.7 Å². The van der Waals surface area contributed by atoms with Gasteiger partial charge < -0.3 is 19.2 Å². The number of amides is 1. The average molecular weight is 443 g/mol. The van der Waals surface area contributed by atoms with Crippen LogP contribution in [0.4, 0.5) is 0 Å². The third kappa shape index (κ3) is 5.17. The van der Waals surface area contributed by atoms with E-state index in [2.05, 4.69) is 10.3 Å². The van der Waals surface area contributed by atoms with Crippen LogP contribution in [0.3, 0.4) is 0 Å². The average Bonchev–Trinajstić information content (AvgIpc) is 3.54. The van der Waals surface area contributed by atoms with Crippen LogP contribution in [0.25, 0.3) is 22.4 Å². The number of hydrogen-bond acceptors (Lipinski definition) is 5. The lowest BCUT2D eigenvalue weighted by Gasteiger charge is -2.12. The highest BCUT2D eigenvalue weighted by Crippen LogP contribution is 2.32. The monoisotopic (exact) mass is 442 g/mol. The summed E-state index contributed by atoms with van der Waals surface area (Å²) >= 11 is 0. The van der Waals surface area contributed by atoms with E-state index < -0.39 is 0 Å². The molecule has 6 heteroatoms. The van der Waals surface area contributed by atoms with Crippen LogP contribution in [0.5, 0.6) is 17.2 Å². The Hall–Kier alpha value is -3.80. The Labute approximate surface area is 192 Å². The molecule has 0 aliphatic heterocycles. The highest BCUT2D eigenvalue weighted by molar-refractivity contribution is 5.83. The summed E-state index contributed by atoms with van der Waals surface area (Å²) in [5.74, 6) is 3.49. The van der Waals surface area contributed by atoms with Gasteiger partial charge in [0.15, 0.2) is 5.76 Å². The van der Waals surface area contributed by atoms with Gasteiger partial charge in [0.2, 0.25) is 5.91 Å². The zero-order valence-electron chi connectivity index (χ0n) is 18.7. The Morgan fingerprint density at radius 3 is 2.70 bits per heavy atom. The van der Waals surface area contributed by atoms with E-state index in [0.717, 1.165) is 34.6 Å². The first-order chi connectivity index (χ1) is 16.0. The summed E-state index contributed by atoms with van der Waals surface area (Å²) in [7, 11) is 0. The molecule has 0 spiro atoms. The zero-order valence-corrected chi connectivity index (χ0v) is 18.7. The summed E-state index contributed by atoms with van der Waals surface area (Å²) in [5, 5.41) is 3.87. The largest absolute Gasteiger partial charge is 0.493 e. The third-order valence-corrected chi connectivity index (χ3v) is 5.68. The van der Waals surface area contributed by atoms with Crippen LogP contribution in [0.15, 0.2) is 71.3 Å². The number of rotatable bonds is 8. The van der Waals surface area contributed by atoms with E-state index in [1.807, 2.05) is 67.6 Å². The summed E-state index contributed by atoms with van der Waals surface area (Å²) in [6.45, 7) is 4.23. The number of nitrogens with zero attached hydrogens (tertiary/aromatic N) is 1. The van der Waals surface area contributed by atoms with Gasteiger partial charge in [-0.2, -0.15) is 0 Å². The lowest BCUT2D eigenvalue weighted by Crippen LogP contribution is -2.23. The van der Waals surface area contributed by atoms with Gasteiger partial charge in [-0.15, -0.1) is 0 Å². The number of aromatic nitrogens is 1. The molecule has 6 nitrogen and oxygen atoms in total. The van der Waals surface area contributed by atoms with Crippen molar-refractivity contribution in [1.82, 2.24) is 10.3 Å². The number of carbonyl (C=O) groups is 1. The highest BCUT2D eigenvalue weighted by Gasteiger charge is 2.22. The predicted molar refractivity (Wildman–Crippen MR) is 126 cm³/mol. The van der Waals surface area contributed by atoms with Crippen LogP contribution < -0.4 is 14.8 Å². The van der Waals surface area contributed by atoms with Crippen molar-refractivity contribution in [3.8, 4) is 28.7 Å². The Balaban J connectivity index is 1.29. The van der Waals surface area contributed by atoms with Crippen LogP contribution in [0.1, 0.15) is 38.3 Å². The van der Waals surface area contributed by atoms with Crippen molar-refractivity contribution in [2.75, 3.05) is 6.61 Å². The Kier molecular flexibility index (Phi) is 5.73. The van der Waals surface area contributed by atoms with E-state index in [9.17, 15) is 4.79 Å². The number of hydrogen-bond donors (Lipinski definition) is 1.